The van der Waals surface area contributed by atoms with Gasteiger partial charge in [0.15, 0.2) is 0 Å². The van der Waals surface area contributed by atoms with E-state index in [1.807, 2.05) is 6.07 Å². The van der Waals surface area contributed by atoms with Gasteiger partial charge in [0.1, 0.15) is 5.75 Å². The summed E-state index contributed by atoms with van der Waals surface area (Å²) < 4.78 is 14.6. The molecule has 1 N–H and O–H groups in total. The van der Waals surface area contributed by atoms with Crippen molar-refractivity contribution in [1.29, 1.82) is 0 Å². The molecule has 0 aliphatic carbocycles. The first-order valence-corrected chi connectivity index (χ1v) is 8.68. The summed E-state index contributed by atoms with van der Waals surface area (Å²) >= 11 is 0. The fraction of sp³-hybridized carbons (Fsp3) is 0.238. The van der Waals surface area contributed by atoms with Gasteiger partial charge >= 0.3 is 17.9 Å². The molecule has 0 aliphatic rings. The van der Waals surface area contributed by atoms with Gasteiger partial charge in [0.2, 0.25) is 5.91 Å². The average Bonchev–Trinajstić information content (AvgIpc) is 2.72. The average molecular weight is 399 g/mol. The number of ether oxygens (including phenoxy) is 3. The van der Waals surface area contributed by atoms with Gasteiger partial charge in [-0.15, -0.1) is 0 Å². The van der Waals surface area contributed by atoms with Crippen molar-refractivity contribution >= 4 is 23.8 Å². The van der Waals surface area contributed by atoms with Gasteiger partial charge < -0.3 is 19.5 Å². The number of esters is 3. The molecule has 152 valence electrons. The van der Waals surface area contributed by atoms with E-state index in [2.05, 4.69) is 14.8 Å². The number of hydrogen-bond donors (Lipinski definition) is 1. The fourth-order valence-electron chi connectivity index (χ4n) is 2.65. The van der Waals surface area contributed by atoms with Gasteiger partial charge in [0.25, 0.3) is 0 Å². The molecule has 2 aromatic carbocycles. The lowest BCUT2D eigenvalue weighted by Crippen LogP contribution is -2.29. The molecule has 29 heavy (non-hydrogen) atoms. The lowest BCUT2D eigenvalue weighted by molar-refractivity contribution is -0.135. The van der Waals surface area contributed by atoms with E-state index >= 15 is 0 Å². The smallest absolute Gasteiger partial charge is 0.338 e. The van der Waals surface area contributed by atoms with Crippen LogP contribution < -0.4 is 10.1 Å². The van der Waals surface area contributed by atoms with Crippen molar-refractivity contribution < 1.29 is 33.4 Å². The Kier molecular flexibility index (Phi) is 7.47. The summed E-state index contributed by atoms with van der Waals surface area (Å²) in [5.41, 5.74) is 0.789. The van der Waals surface area contributed by atoms with Crippen molar-refractivity contribution in [2.75, 3.05) is 14.2 Å². The number of benzene rings is 2. The SMILES string of the molecule is COC(=O)c1cc(OC(=O)C[C@H](NC(C)=O)c2ccccc2)cc(C(=O)OC)c1. The Balaban J connectivity index is 2.24. The summed E-state index contributed by atoms with van der Waals surface area (Å²) in [6.07, 6.45) is -0.153. The zero-order valence-corrected chi connectivity index (χ0v) is 16.3. The molecule has 0 saturated carbocycles. The largest absolute Gasteiger partial charge is 0.465 e. The van der Waals surface area contributed by atoms with Crippen LogP contribution >= 0.6 is 0 Å². The maximum Gasteiger partial charge on any atom is 0.338 e. The van der Waals surface area contributed by atoms with Crippen LogP contribution in [0.15, 0.2) is 48.5 Å². The standard InChI is InChI=1S/C21H21NO7/c1-13(23)22-18(14-7-5-4-6-8-14)12-19(24)29-17-10-15(20(25)27-2)9-16(11-17)21(26)28-3/h4-11,18H,12H2,1-3H3,(H,22,23)/t18-/m0/s1. The molecule has 2 rings (SSSR count). The van der Waals surface area contributed by atoms with E-state index in [1.54, 1.807) is 24.3 Å². The molecule has 8 nitrogen and oxygen atoms in total. The molecule has 2 aromatic rings. The molecule has 0 radical (unpaired) electrons. The van der Waals surface area contributed by atoms with Crippen molar-refractivity contribution in [1.82, 2.24) is 5.32 Å². The van der Waals surface area contributed by atoms with Crippen molar-refractivity contribution in [2.45, 2.75) is 19.4 Å². The Morgan fingerprint density at radius 3 is 1.93 bits per heavy atom. The third-order valence-corrected chi connectivity index (χ3v) is 3.93. The van der Waals surface area contributed by atoms with Crippen molar-refractivity contribution in [3.8, 4) is 5.75 Å². The van der Waals surface area contributed by atoms with Crippen LogP contribution in [0.4, 0.5) is 0 Å². The Morgan fingerprint density at radius 2 is 1.45 bits per heavy atom. The number of hydrogen-bond acceptors (Lipinski definition) is 7. The normalized spacial score (nSPS) is 11.1. The van der Waals surface area contributed by atoms with E-state index in [0.717, 1.165) is 5.56 Å². The first kappa shape index (κ1) is 21.6. The van der Waals surface area contributed by atoms with Crippen molar-refractivity contribution in [3.63, 3.8) is 0 Å². The minimum Gasteiger partial charge on any atom is -0.465 e. The Hall–Kier alpha value is -3.68. The highest BCUT2D eigenvalue weighted by atomic mass is 16.5. The summed E-state index contributed by atoms with van der Waals surface area (Å²) in [7, 11) is 2.38. The minimum atomic E-state index is -0.700. The van der Waals surface area contributed by atoms with Crippen LogP contribution in [0.3, 0.4) is 0 Å². The minimum absolute atomic E-state index is 0.0204. The highest BCUT2D eigenvalue weighted by molar-refractivity contribution is 5.96. The Bertz CT molecular complexity index is 874. The molecule has 8 heteroatoms. The molecule has 0 heterocycles. The molecule has 0 unspecified atom stereocenters. The maximum absolute atomic E-state index is 12.5. The van der Waals surface area contributed by atoms with Crippen LogP contribution in [0.2, 0.25) is 0 Å². The highest BCUT2D eigenvalue weighted by Crippen LogP contribution is 2.22. The molecule has 0 aromatic heterocycles. The molecular weight excluding hydrogens is 378 g/mol. The van der Waals surface area contributed by atoms with E-state index in [1.165, 1.54) is 39.3 Å². The van der Waals surface area contributed by atoms with Gasteiger partial charge in [0, 0.05) is 6.92 Å². The van der Waals surface area contributed by atoms with Gasteiger partial charge in [-0.05, 0) is 23.8 Å². The third-order valence-electron chi connectivity index (χ3n) is 3.93. The Morgan fingerprint density at radius 1 is 0.897 bits per heavy atom. The van der Waals surface area contributed by atoms with E-state index in [9.17, 15) is 19.2 Å². The predicted octanol–water partition coefficient (Wildman–Crippen LogP) is 2.43. The first-order chi connectivity index (χ1) is 13.8. The van der Waals surface area contributed by atoms with Gasteiger partial charge in [-0.2, -0.15) is 0 Å². The monoisotopic (exact) mass is 399 g/mol. The second kappa shape index (κ2) is 10.0. The number of methoxy groups -OCH3 is 2. The number of amides is 1. The van der Waals surface area contributed by atoms with Crippen LogP contribution in [0.5, 0.6) is 5.75 Å². The highest BCUT2D eigenvalue weighted by Gasteiger charge is 2.20. The number of nitrogens with one attached hydrogen (secondary N) is 1. The lowest BCUT2D eigenvalue weighted by atomic mass is 10.0. The lowest BCUT2D eigenvalue weighted by Gasteiger charge is -2.17. The van der Waals surface area contributed by atoms with Crippen molar-refractivity contribution in [2.24, 2.45) is 0 Å². The number of carbonyl (C=O) groups is 4. The van der Waals surface area contributed by atoms with Gasteiger partial charge in [-0.1, -0.05) is 30.3 Å². The quantitative estimate of drug-likeness (QED) is 0.563. The van der Waals surface area contributed by atoms with Gasteiger partial charge in [0.05, 0.1) is 37.8 Å². The number of carbonyl (C=O) groups excluding carboxylic acids is 4. The van der Waals surface area contributed by atoms with Gasteiger partial charge in [-0.25, -0.2) is 9.59 Å². The molecule has 0 aliphatic heterocycles. The summed E-state index contributed by atoms with van der Waals surface area (Å²) in [5, 5.41) is 2.70. The maximum atomic E-state index is 12.5. The summed E-state index contributed by atoms with van der Waals surface area (Å²) in [5.74, 6) is -2.38. The van der Waals surface area contributed by atoms with E-state index in [-0.39, 0.29) is 29.2 Å². The van der Waals surface area contributed by atoms with Crippen molar-refractivity contribution in [3.05, 3.63) is 65.2 Å². The van der Waals surface area contributed by atoms with Crippen LogP contribution in [0.1, 0.15) is 45.7 Å². The van der Waals surface area contributed by atoms with Gasteiger partial charge in [-0.3, -0.25) is 9.59 Å². The molecule has 1 amide bonds. The third kappa shape index (κ3) is 6.17. The summed E-state index contributed by atoms with van der Waals surface area (Å²) in [6.45, 7) is 1.35. The molecule has 1 atom stereocenters. The Labute approximate surface area is 167 Å². The van der Waals surface area contributed by atoms with Crippen LogP contribution in [-0.4, -0.2) is 38.0 Å². The second-order valence-corrected chi connectivity index (χ2v) is 6.07. The molecule has 0 fully saturated rings. The number of rotatable bonds is 7. The van der Waals surface area contributed by atoms with E-state index in [4.69, 9.17) is 4.74 Å². The first-order valence-electron chi connectivity index (χ1n) is 8.68. The summed E-state index contributed by atoms with van der Waals surface area (Å²) in [4.78, 5) is 47.7. The predicted molar refractivity (Wildman–Crippen MR) is 102 cm³/mol. The van der Waals surface area contributed by atoms with Crippen LogP contribution in [0, 0.1) is 0 Å². The molecular formula is C21H21NO7. The topological polar surface area (TPSA) is 108 Å². The van der Waals surface area contributed by atoms with E-state index < -0.39 is 23.9 Å². The molecule has 0 spiro atoms. The summed E-state index contributed by atoms with van der Waals surface area (Å²) in [6, 6.07) is 12.2. The fourth-order valence-corrected chi connectivity index (χ4v) is 2.65. The zero-order valence-electron chi connectivity index (χ0n) is 16.3. The molecule has 0 saturated heterocycles. The van der Waals surface area contributed by atoms with E-state index in [0.29, 0.717) is 0 Å². The van der Waals surface area contributed by atoms with Crippen LogP contribution in [0.25, 0.3) is 0 Å². The molecule has 0 bridgehead atoms. The zero-order chi connectivity index (χ0) is 21.4. The second-order valence-electron chi connectivity index (χ2n) is 6.07. The van der Waals surface area contributed by atoms with Crippen LogP contribution in [-0.2, 0) is 19.1 Å².